The van der Waals surface area contributed by atoms with Crippen LogP contribution in [0.4, 0.5) is 11.4 Å². The van der Waals surface area contributed by atoms with E-state index < -0.39 is 0 Å². The molecule has 0 fully saturated rings. The molecule has 114 valence electrons. The Balaban J connectivity index is 2.07. The lowest BCUT2D eigenvalue weighted by Gasteiger charge is -2.09. The molecule has 2 rings (SSSR count). The van der Waals surface area contributed by atoms with Crippen LogP contribution in [0.15, 0.2) is 48.5 Å². The van der Waals surface area contributed by atoms with Gasteiger partial charge in [-0.2, -0.15) is 0 Å². The molecule has 0 aliphatic carbocycles. The van der Waals surface area contributed by atoms with Gasteiger partial charge in [0.2, 0.25) is 5.91 Å². The van der Waals surface area contributed by atoms with Crippen molar-refractivity contribution in [3.8, 4) is 0 Å². The first-order valence-electron chi connectivity index (χ1n) is 7.05. The SMILES string of the molecule is CCCC(=O)Nc1cccc(NC(=O)c2cccc(Cl)c2)c1. The molecule has 0 atom stereocenters. The number of halogens is 1. The number of hydrogen-bond acceptors (Lipinski definition) is 2. The minimum Gasteiger partial charge on any atom is -0.326 e. The molecule has 0 saturated heterocycles. The number of carbonyl (C=O) groups excluding carboxylic acids is 2. The van der Waals surface area contributed by atoms with Crippen molar-refractivity contribution in [1.82, 2.24) is 0 Å². The molecule has 0 bridgehead atoms. The summed E-state index contributed by atoms with van der Waals surface area (Å²) in [5.74, 6) is -0.291. The van der Waals surface area contributed by atoms with Gasteiger partial charge in [0.1, 0.15) is 0 Å². The van der Waals surface area contributed by atoms with Gasteiger partial charge in [-0.05, 0) is 42.8 Å². The maximum Gasteiger partial charge on any atom is 0.255 e. The summed E-state index contributed by atoms with van der Waals surface area (Å²) in [6, 6.07) is 13.8. The average molecular weight is 317 g/mol. The lowest BCUT2D eigenvalue weighted by atomic mass is 10.2. The Morgan fingerprint density at radius 2 is 1.68 bits per heavy atom. The Labute approximate surface area is 134 Å². The monoisotopic (exact) mass is 316 g/mol. The Morgan fingerprint density at radius 1 is 1.00 bits per heavy atom. The summed E-state index contributed by atoms with van der Waals surface area (Å²) in [4.78, 5) is 23.7. The van der Waals surface area contributed by atoms with E-state index in [1.54, 1.807) is 48.5 Å². The van der Waals surface area contributed by atoms with Gasteiger partial charge < -0.3 is 10.6 Å². The van der Waals surface area contributed by atoms with Gasteiger partial charge in [-0.25, -0.2) is 0 Å². The molecule has 0 unspecified atom stereocenters. The summed E-state index contributed by atoms with van der Waals surface area (Å²) in [6.07, 6.45) is 1.26. The van der Waals surface area contributed by atoms with Crippen LogP contribution in [0, 0.1) is 0 Å². The van der Waals surface area contributed by atoms with Crippen molar-refractivity contribution in [2.45, 2.75) is 19.8 Å². The number of hydrogen-bond donors (Lipinski definition) is 2. The molecular weight excluding hydrogens is 300 g/mol. The van der Waals surface area contributed by atoms with E-state index in [4.69, 9.17) is 11.6 Å². The van der Waals surface area contributed by atoms with Gasteiger partial charge in [-0.1, -0.05) is 30.7 Å². The summed E-state index contributed by atoms with van der Waals surface area (Å²) in [6.45, 7) is 1.95. The molecule has 0 saturated carbocycles. The second-order valence-electron chi connectivity index (χ2n) is 4.84. The van der Waals surface area contributed by atoms with E-state index in [-0.39, 0.29) is 11.8 Å². The van der Waals surface area contributed by atoms with Crippen molar-refractivity contribution in [1.29, 1.82) is 0 Å². The van der Waals surface area contributed by atoms with Gasteiger partial charge in [0.25, 0.3) is 5.91 Å². The number of amides is 2. The number of benzene rings is 2. The second kappa shape index (κ2) is 7.61. The molecule has 2 aromatic carbocycles. The molecule has 0 heterocycles. The summed E-state index contributed by atoms with van der Waals surface area (Å²) in [5, 5.41) is 6.08. The predicted octanol–water partition coefficient (Wildman–Crippen LogP) is 4.33. The first-order chi connectivity index (χ1) is 10.6. The number of anilines is 2. The standard InChI is InChI=1S/C17H17ClN2O2/c1-2-5-16(21)19-14-8-4-9-15(11-14)20-17(22)12-6-3-7-13(18)10-12/h3-4,6-11H,2,5H2,1H3,(H,19,21)(H,20,22). The summed E-state index contributed by atoms with van der Waals surface area (Å²) < 4.78 is 0. The highest BCUT2D eigenvalue weighted by atomic mass is 35.5. The quantitative estimate of drug-likeness (QED) is 0.862. The topological polar surface area (TPSA) is 58.2 Å². The second-order valence-corrected chi connectivity index (χ2v) is 5.28. The fourth-order valence-electron chi connectivity index (χ4n) is 1.96. The molecule has 4 nitrogen and oxygen atoms in total. The van der Waals surface area contributed by atoms with Crippen molar-refractivity contribution in [3.05, 3.63) is 59.1 Å². The third-order valence-corrected chi connectivity index (χ3v) is 3.20. The Bertz CT molecular complexity index is 686. The first-order valence-corrected chi connectivity index (χ1v) is 7.43. The minimum atomic E-state index is -0.250. The highest BCUT2D eigenvalue weighted by Crippen LogP contribution is 2.17. The van der Waals surface area contributed by atoms with Crippen molar-refractivity contribution < 1.29 is 9.59 Å². The first kappa shape index (κ1) is 16.0. The van der Waals surface area contributed by atoms with E-state index in [2.05, 4.69) is 10.6 Å². The molecule has 0 aliphatic rings. The Hall–Kier alpha value is -2.33. The van der Waals surface area contributed by atoms with Crippen LogP contribution in [0.1, 0.15) is 30.1 Å². The molecule has 2 amide bonds. The van der Waals surface area contributed by atoms with Gasteiger partial charge in [0.15, 0.2) is 0 Å². The van der Waals surface area contributed by atoms with Crippen molar-refractivity contribution in [3.63, 3.8) is 0 Å². The fraction of sp³-hybridized carbons (Fsp3) is 0.176. The zero-order valence-electron chi connectivity index (χ0n) is 12.2. The third-order valence-electron chi connectivity index (χ3n) is 2.97. The maximum absolute atomic E-state index is 12.1. The van der Waals surface area contributed by atoms with Crippen molar-refractivity contribution in [2.24, 2.45) is 0 Å². The van der Waals surface area contributed by atoms with Crippen molar-refractivity contribution in [2.75, 3.05) is 10.6 Å². The van der Waals surface area contributed by atoms with Gasteiger partial charge in [-0.15, -0.1) is 0 Å². The summed E-state index contributed by atoms with van der Waals surface area (Å²) in [5.41, 5.74) is 1.74. The van der Waals surface area contributed by atoms with Gasteiger partial charge >= 0.3 is 0 Å². The minimum absolute atomic E-state index is 0.0409. The normalized spacial score (nSPS) is 10.1. The molecule has 0 radical (unpaired) electrons. The van der Waals surface area contributed by atoms with E-state index in [0.717, 1.165) is 6.42 Å². The zero-order valence-corrected chi connectivity index (χ0v) is 13.0. The third kappa shape index (κ3) is 4.60. The molecule has 0 aliphatic heterocycles. The molecule has 5 heteroatoms. The Morgan fingerprint density at radius 3 is 2.36 bits per heavy atom. The van der Waals surface area contributed by atoms with E-state index in [9.17, 15) is 9.59 Å². The van der Waals surface area contributed by atoms with Crippen LogP contribution in [0.2, 0.25) is 5.02 Å². The van der Waals surface area contributed by atoms with Crippen LogP contribution in [0.25, 0.3) is 0 Å². The largest absolute Gasteiger partial charge is 0.326 e. The van der Waals surface area contributed by atoms with Gasteiger partial charge in [0, 0.05) is 28.4 Å². The van der Waals surface area contributed by atoms with Crippen molar-refractivity contribution >= 4 is 34.8 Å². The lowest BCUT2D eigenvalue weighted by Crippen LogP contribution is -2.13. The highest BCUT2D eigenvalue weighted by Gasteiger charge is 2.07. The number of nitrogens with one attached hydrogen (secondary N) is 2. The maximum atomic E-state index is 12.1. The summed E-state index contributed by atoms with van der Waals surface area (Å²) in [7, 11) is 0. The smallest absolute Gasteiger partial charge is 0.255 e. The summed E-state index contributed by atoms with van der Waals surface area (Å²) >= 11 is 5.88. The van der Waals surface area contributed by atoms with E-state index in [1.807, 2.05) is 6.92 Å². The van der Waals surface area contributed by atoms with Crippen LogP contribution in [0.3, 0.4) is 0 Å². The lowest BCUT2D eigenvalue weighted by molar-refractivity contribution is -0.116. The molecule has 0 spiro atoms. The molecule has 2 N–H and O–H groups in total. The van der Waals surface area contributed by atoms with Crippen LogP contribution in [0.5, 0.6) is 0 Å². The highest BCUT2D eigenvalue weighted by molar-refractivity contribution is 6.31. The Kier molecular flexibility index (Phi) is 5.55. The molecule has 2 aromatic rings. The predicted molar refractivity (Wildman–Crippen MR) is 89.4 cm³/mol. The van der Waals surface area contributed by atoms with E-state index in [1.165, 1.54) is 0 Å². The average Bonchev–Trinajstić information content (AvgIpc) is 2.47. The van der Waals surface area contributed by atoms with Crippen LogP contribution in [-0.2, 0) is 4.79 Å². The number of rotatable bonds is 5. The molecule has 0 aromatic heterocycles. The van der Waals surface area contributed by atoms with Gasteiger partial charge in [-0.3, -0.25) is 9.59 Å². The van der Waals surface area contributed by atoms with Crippen LogP contribution in [-0.4, -0.2) is 11.8 Å². The van der Waals surface area contributed by atoms with Crippen LogP contribution >= 0.6 is 11.6 Å². The molecule has 22 heavy (non-hydrogen) atoms. The van der Waals surface area contributed by atoms with E-state index >= 15 is 0 Å². The number of carbonyl (C=O) groups is 2. The zero-order chi connectivity index (χ0) is 15.9. The fourth-order valence-corrected chi connectivity index (χ4v) is 2.15. The van der Waals surface area contributed by atoms with E-state index in [0.29, 0.717) is 28.4 Å². The van der Waals surface area contributed by atoms with Crippen LogP contribution < -0.4 is 10.6 Å². The van der Waals surface area contributed by atoms with Gasteiger partial charge in [0.05, 0.1) is 0 Å². The molecular formula is C17H17ClN2O2.